The summed E-state index contributed by atoms with van der Waals surface area (Å²) in [5.41, 5.74) is -0.530. The number of rotatable bonds is 7. The van der Waals surface area contributed by atoms with E-state index in [0.717, 1.165) is 31.7 Å². The van der Waals surface area contributed by atoms with E-state index in [2.05, 4.69) is 11.4 Å². The minimum atomic E-state index is -4.63. The molecule has 0 radical (unpaired) electrons. The number of nitrogens with one attached hydrogen (secondary N) is 1. The number of hydrogen-bond donors (Lipinski definition) is 1. The molecule has 1 N–H and O–H groups in total. The van der Waals surface area contributed by atoms with E-state index < -0.39 is 42.3 Å². The minimum absolute atomic E-state index is 0.426. The molecule has 1 aliphatic carbocycles. The van der Waals surface area contributed by atoms with Gasteiger partial charge in [-0.1, -0.05) is 11.6 Å². The first-order valence-corrected chi connectivity index (χ1v) is 8.63. The van der Waals surface area contributed by atoms with E-state index in [0.29, 0.717) is 23.4 Å². The van der Waals surface area contributed by atoms with Gasteiger partial charge < -0.3 is 14.6 Å². The highest BCUT2D eigenvalue weighted by molar-refractivity contribution is 5.80. The smallest absolute Gasteiger partial charge is 0.417 e. The molecule has 6 nitrogen and oxygen atoms in total. The number of nitrogens with zero attached hydrogens (tertiary/aromatic N) is 1. The van der Waals surface area contributed by atoms with Crippen LogP contribution in [0.4, 0.5) is 13.2 Å². The molecule has 2 rings (SSSR count). The second-order valence-electron chi connectivity index (χ2n) is 6.25. The second-order valence-corrected chi connectivity index (χ2v) is 6.25. The van der Waals surface area contributed by atoms with E-state index >= 15 is 0 Å². The number of esters is 1. The van der Waals surface area contributed by atoms with Crippen LogP contribution in [0.25, 0.3) is 0 Å². The van der Waals surface area contributed by atoms with Gasteiger partial charge in [-0.15, -0.1) is 0 Å². The molecule has 0 unspecified atom stereocenters. The summed E-state index contributed by atoms with van der Waals surface area (Å²) in [6, 6.07) is 1.36. The monoisotopic (exact) mass is 386 g/mol. The summed E-state index contributed by atoms with van der Waals surface area (Å²) in [4.78, 5) is 34.9. The molecule has 27 heavy (non-hydrogen) atoms. The molecule has 1 aromatic rings. The summed E-state index contributed by atoms with van der Waals surface area (Å²) in [5.74, 6) is -1.47. The van der Waals surface area contributed by atoms with Crippen molar-refractivity contribution in [2.75, 3.05) is 13.2 Å². The maximum atomic E-state index is 12.7. The van der Waals surface area contributed by atoms with Gasteiger partial charge >= 0.3 is 12.1 Å². The van der Waals surface area contributed by atoms with Crippen LogP contribution in [0.1, 0.15) is 37.7 Å². The molecular weight excluding hydrogens is 365 g/mol. The van der Waals surface area contributed by atoms with Crippen molar-refractivity contribution >= 4 is 11.9 Å². The Morgan fingerprint density at radius 2 is 2.00 bits per heavy atom. The Labute approximate surface area is 154 Å². The number of allylic oxidation sites excluding steroid dienone is 1. The molecule has 0 atom stereocenters. The Bertz CT molecular complexity index is 769. The molecule has 9 heteroatoms. The number of carbonyl (C=O) groups excluding carboxylic acids is 2. The Morgan fingerprint density at radius 3 is 2.67 bits per heavy atom. The zero-order valence-corrected chi connectivity index (χ0v) is 14.7. The second kappa shape index (κ2) is 9.38. The first-order valence-electron chi connectivity index (χ1n) is 8.63. The lowest BCUT2D eigenvalue weighted by Crippen LogP contribution is -2.32. The van der Waals surface area contributed by atoms with E-state index in [9.17, 15) is 27.6 Å². The van der Waals surface area contributed by atoms with E-state index in [1.807, 2.05) is 0 Å². The number of hydrogen-bond acceptors (Lipinski definition) is 4. The summed E-state index contributed by atoms with van der Waals surface area (Å²) in [5, 5.41) is 2.62. The summed E-state index contributed by atoms with van der Waals surface area (Å²) in [6.45, 7) is -0.830. The third-order valence-electron chi connectivity index (χ3n) is 4.13. The maximum Gasteiger partial charge on any atom is 0.417 e. The van der Waals surface area contributed by atoms with Gasteiger partial charge in [-0.05, 0) is 38.2 Å². The number of alkyl halides is 3. The van der Waals surface area contributed by atoms with Crippen LogP contribution in [-0.4, -0.2) is 29.6 Å². The van der Waals surface area contributed by atoms with Crippen LogP contribution < -0.4 is 10.9 Å². The van der Waals surface area contributed by atoms with Gasteiger partial charge in [0.2, 0.25) is 0 Å². The summed E-state index contributed by atoms with van der Waals surface area (Å²) in [6.07, 6.45) is 3.22. The molecule has 0 bridgehead atoms. The Balaban J connectivity index is 1.76. The Morgan fingerprint density at radius 1 is 1.22 bits per heavy atom. The first-order chi connectivity index (χ1) is 12.8. The highest BCUT2D eigenvalue weighted by Crippen LogP contribution is 2.28. The van der Waals surface area contributed by atoms with Crippen molar-refractivity contribution in [2.24, 2.45) is 0 Å². The predicted molar refractivity (Wildman–Crippen MR) is 90.8 cm³/mol. The number of ether oxygens (including phenoxy) is 1. The highest BCUT2D eigenvalue weighted by Gasteiger charge is 2.31. The van der Waals surface area contributed by atoms with Crippen molar-refractivity contribution in [3.63, 3.8) is 0 Å². The fraction of sp³-hybridized carbons (Fsp3) is 0.500. The third kappa shape index (κ3) is 6.92. The van der Waals surface area contributed by atoms with Crippen molar-refractivity contribution < 1.29 is 27.5 Å². The van der Waals surface area contributed by atoms with Gasteiger partial charge in [0, 0.05) is 18.8 Å². The Kier molecular flexibility index (Phi) is 7.20. The molecule has 0 spiro atoms. The van der Waals surface area contributed by atoms with Crippen LogP contribution in [0.5, 0.6) is 0 Å². The van der Waals surface area contributed by atoms with Gasteiger partial charge in [0.25, 0.3) is 11.5 Å². The highest BCUT2D eigenvalue weighted by atomic mass is 19.4. The van der Waals surface area contributed by atoms with Crippen LogP contribution in [0.2, 0.25) is 0 Å². The average Bonchev–Trinajstić information content (AvgIpc) is 2.62. The molecule has 1 heterocycles. The fourth-order valence-electron chi connectivity index (χ4n) is 2.70. The van der Waals surface area contributed by atoms with Crippen LogP contribution in [0.15, 0.2) is 34.8 Å². The number of halogens is 3. The zero-order chi connectivity index (χ0) is 19.9. The lowest BCUT2D eigenvalue weighted by Gasteiger charge is -2.13. The molecule has 1 aliphatic rings. The van der Waals surface area contributed by atoms with Gasteiger partial charge in [-0.3, -0.25) is 14.4 Å². The first kappa shape index (κ1) is 20.7. The maximum absolute atomic E-state index is 12.7. The molecule has 0 saturated carbocycles. The number of carbonyl (C=O) groups is 2. The Hall–Kier alpha value is -2.58. The normalized spacial score (nSPS) is 14.4. The molecule has 148 valence electrons. The van der Waals surface area contributed by atoms with Crippen molar-refractivity contribution in [1.82, 2.24) is 9.88 Å². The van der Waals surface area contributed by atoms with E-state index in [1.165, 1.54) is 12.0 Å². The quantitative estimate of drug-likeness (QED) is 0.577. The van der Waals surface area contributed by atoms with Gasteiger partial charge in [0.15, 0.2) is 6.61 Å². The standard InChI is InChI=1S/C18H21F3N2O4/c19-18(20,21)14-6-7-16(25)23(10-14)11-17(26)27-12-15(24)22-9-8-13-4-2-1-3-5-13/h4,6-7,10H,1-3,5,8-9,11-12H2,(H,22,24). The van der Waals surface area contributed by atoms with Crippen molar-refractivity contribution in [2.45, 2.75) is 44.8 Å². The fourth-order valence-corrected chi connectivity index (χ4v) is 2.70. The minimum Gasteiger partial charge on any atom is -0.454 e. The summed E-state index contributed by atoms with van der Waals surface area (Å²) < 4.78 is 43.3. The molecule has 1 amide bonds. The van der Waals surface area contributed by atoms with E-state index in [4.69, 9.17) is 4.74 Å². The van der Waals surface area contributed by atoms with Crippen LogP contribution in [0.3, 0.4) is 0 Å². The lowest BCUT2D eigenvalue weighted by atomic mass is 9.97. The number of pyridine rings is 1. The molecule has 0 aromatic carbocycles. The van der Waals surface area contributed by atoms with Crippen molar-refractivity contribution in [3.8, 4) is 0 Å². The summed E-state index contributed by atoms with van der Waals surface area (Å²) in [7, 11) is 0. The molecular formula is C18H21F3N2O4. The predicted octanol–water partition coefficient (Wildman–Crippen LogP) is 2.42. The van der Waals surface area contributed by atoms with Crippen LogP contribution in [0, 0.1) is 0 Å². The van der Waals surface area contributed by atoms with Gasteiger partial charge in [0.1, 0.15) is 6.54 Å². The van der Waals surface area contributed by atoms with Crippen LogP contribution >= 0.6 is 0 Å². The molecule has 0 saturated heterocycles. The van der Waals surface area contributed by atoms with Crippen molar-refractivity contribution in [3.05, 3.63) is 45.9 Å². The average molecular weight is 386 g/mol. The number of amides is 1. The topological polar surface area (TPSA) is 77.4 Å². The third-order valence-corrected chi connectivity index (χ3v) is 4.13. The molecule has 0 aliphatic heterocycles. The SMILES string of the molecule is O=C(COC(=O)Cn1cc(C(F)(F)F)ccc1=O)NCCC1=CCCCC1. The molecule has 1 aromatic heterocycles. The zero-order valence-electron chi connectivity index (χ0n) is 14.7. The number of aromatic nitrogens is 1. The largest absolute Gasteiger partial charge is 0.454 e. The molecule has 0 fully saturated rings. The van der Waals surface area contributed by atoms with E-state index in [1.54, 1.807) is 0 Å². The lowest BCUT2D eigenvalue weighted by molar-refractivity contribution is -0.149. The van der Waals surface area contributed by atoms with E-state index in [-0.39, 0.29) is 0 Å². The van der Waals surface area contributed by atoms with Gasteiger partial charge in [0.05, 0.1) is 5.56 Å². The van der Waals surface area contributed by atoms with Gasteiger partial charge in [-0.25, -0.2) is 0 Å². The van der Waals surface area contributed by atoms with Crippen molar-refractivity contribution in [1.29, 1.82) is 0 Å². The summed E-state index contributed by atoms with van der Waals surface area (Å²) >= 11 is 0. The van der Waals surface area contributed by atoms with Gasteiger partial charge in [-0.2, -0.15) is 13.2 Å². The van der Waals surface area contributed by atoms with Crippen LogP contribution in [-0.2, 0) is 27.0 Å².